The third kappa shape index (κ3) is 5.91. The number of carbonyl (C=O) groups excluding carboxylic acids is 1. The minimum atomic E-state index is -3.75. The van der Waals surface area contributed by atoms with E-state index in [0.29, 0.717) is 52.3 Å². The summed E-state index contributed by atoms with van der Waals surface area (Å²) < 4.78 is 62.5. The fourth-order valence-electron chi connectivity index (χ4n) is 7.18. The highest BCUT2D eigenvalue weighted by molar-refractivity contribution is 7.89. The van der Waals surface area contributed by atoms with Crippen molar-refractivity contribution >= 4 is 33.2 Å². The van der Waals surface area contributed by atoms with E-state index in [1.165, 1.54) is 24.3 Å². The zero-order chi connectivity index (χ0) is 31.3. The molecule has 8 nitrogen and oxygen atoms in total. The molecule has 12 heteroatoms. The van der Waals surface area contributed by atoms with Gasteiger partial charge in [0.2, 0.25) is 10.0 Å². The molecule has 4 aliphatic heterocycles. The third-order valence-electron chi connectivity index (χ3n) is 9.55. The molecule has 3 saturated heterocycles. The van der Waals surface area contributed by atoms with Crippen molar-refractivity contribution in [2.75, 3.05) is 57.3 Å². The summed E-state index contributed by atoms with van der Waals surface area (Å²) in [6.45, 7) is 4.22. The smallest absolute Gasteiger partial charge is 0.255 e. The number of nitrogens with zero attached hydrogens (tertiary/aromatic N) is 4. The Hall–Kier alpha value is -3.25. The molecule has 4 heterocycles. The highest BCUT2D eigenvalue weighted by Gasteiger charge is 2.44. The van der Waals surface area contributed by atoms with Crippen LogP contribution >= 0.6 is 11.6 Å². The monoisotopic (exact) mass is 656 g/mol. The van der Waals surface area contributed by atoms with Gasteiger partial charge in [-0.15, -0.1) is 0 Å². The standard InChI is InChI=1S/C33H35ClF2N4O4S/c34-30-18-25(36)5-8-29(30)33(41)38-20-26-6-7-27(21-38)40(26)31-19-28(17-23-10-16-44-32(23)31)45(42,43)39-14-12-37(13-15-39)11-9-22-1-3-24(35)4-2-22/h1-5,8,17-19,26-27H,6-7,9-16,20-21H2/t26-,27+. The zero-order valence-electron chi connectivity index (χ0n) is 24.8. The summed E-state index contributed by atoms with van der Waals surface area (Å²) >= 11 is 6.21. The van der Waals surface area contributed by atoms with E-state index in [1.54, 1.807) is 33.5 Å². The molecule has 238 valence electrons. The minimum Gasteiger partial charge on any atom is -0.491 e. The molecule has 0 N–H and O–H groups in total. The van der Waals surface area contributed by atoms with E-state index in [2.05, 4.69) is 9.80 Å². The molecular weight excluding hydrogens is 622 g/mol. The molecule has 3 aromatic rings. The van der Waals surface area contributed by atoms with Gasteiger partial charge >= 0.3 is 0 Å². The lowest BCUT2D eigenvalue weighted by Gasteiger charge is -2.43. The first-order chi connectivity index (χ1) is 21.7. The summed E-state index contributed by atoms with van der Waals surface area (Å²) in [5.41, 5.74) is 3.00. The molecule has 3 fully saturated rings. The normalized spacial score (nSPS) is 22.0. The van der Waals surface area contributed by atoms with Gasteiger partial charge in [0.05, 0.1) is 27.8 Å². The van der Waals surface area contributed by atoms with Gasteiger partial charge in [-0.25, -0.2) is 17.2 Å². The van der Waals surface area contributed by atoms with Crippen molar-refractivity contribution in [3.05, 3.63) is 87.9 Å². The summed E-state index contributed by atoms with van der Waals surface area (Å²) in [4.78, 5) is 19.9. The molecule has 45 heavy (non-hydrogen) atoms. The van der Waals surface area contributed by atoms with E-state index in [-0.39, 0.29) is 39.3 Å². The molecule has 0 spiro atoms. The summed E-state index contributed by atoms with van der Waals surface area (Å²) in [6.07, 6.45) is 3.13. The summed E-state index contributed by atoms with van der Waals surface area (Å²) in [5.74, 6) is -0.242. The highest BCUT2D eigenvalue weighted by Crippen LogP contribution is 2.45. The highest BCUT2D eigenvalue weighted by atomic mass is 35.5. The van der Waals surface area contributed by atoms with Gasteiger partial charge in [-0.1, -0.05) is 23.7 Å². The zero-order valence-corrected chi connectivity index (χ0v) is 26.4. The number of piperazine rings is 2. The minimum absolute atomic E-state index is 0.0113. The quantitative estimate of drug-likeness (QED) is 0.371. The van der Waals surface area contributed by atoms with Gasteiger partial charge in [-0.2, -0.15) is 4.31 Å². The van der Waals surface area contributed by atoms with Crippen LogP contribution in [0, 0.1) is 11.6 Å². The predicted molar refractivity (Wildman–Crippen MR) is 168 cm³/mol. The maximum absolute atomic E-state index is 14.0. The molecular formula is C33H35ClF2N4O4S. The third-order valence-corrected chi connectivity index (χ3v) is 11.7. The second-order valence-electron chi connectivity index (χ2n) is 12.3. The van der Waals surface area contributed by atoms with Gasteiger partial charge in [0.1, 0.15) is 17.4 Å². The molecule has 2 atom stereocenters. The van der Waals surface area contributed by atoms with Gasteiger partial charge in [0.25, 0.3) is 5.91 Å². The van der Waals surface area contributed by atoms with Crippen LogP contribution in [0.1, 0.15) is 34.3 Å². The van der Waals surface area contributed by atoms with Gasteiger partial charge in [-0.3, -0.25) is 4.79 Å². The van der Waals surface area contributed by atoms with Gasteiger partial charge in [0, 0.05) is 69.9 Å². The fraction of sp³-hybridized carbons (Fsp3) is 0.424. The molecule has 1 amide bonds. The van der Waals surface area contributed by atoms with Crippen LogP contribution in [0.3, 0.4) is 0 Å². The van der Waals surface area contributed by atoms with E-state index in [0.717, 1.165) is 54.4 Å². The van der Waals surface area contributed by atoms with Crippen molar-refractivity contribution in [3.8, 4) is 5.75 Å². The van der Waals surface area contributed by atoms with Crippen molar-refractivity contribution < 1.29 is 26.7 Å². The fourth-order valence-corrected chi connectivity index (χ4v) is 8.92. The van der Waals surface area contributed by atoms with E-state index < -0.39 is 15.8 Å². The molecule has 7 rings (SSSR count). The summed E-state index contributed by atoms with van der Waals surface area (Å²) in [5, 5.41) is 0.0904. The Kier molecular flexibility index (Phi) is 8.22. The number of anilines is 1. The molecule has 0 radical (unpaired) electrons. The van der Waals surface area contributed by atoms with Crippen LogP contribution in [0.5, 0.6) is 5.75 Å². The van der Waals surface area contributed by atoms with Gasteiger partial charge < -0.3 is 19.4 Å². The second-order valence-corrected chi connectivity index (χ2v) is 14.6. The Bertz CT molecular complexity index is 1700. The number of carbonyl (C=O) groups is 1. The first-order valence-corrected chi connectivity index (χ1v) is 17.3. The van der Waals surface area contributed by atoms with Crippen LogP contribution in [0.25, 0.3) is 0 Å². The first kappa shape index (κ1) is 30.4. The predicted octanol–water partition coefficient (Wildman–Crippen LogP) is 4.60. The van der Waals surface area contributed by atoms with Crippen molar-refractivity contribution in [3.63, 3.8) is 0 Å². The van der Waals surface area contributed by atoms with Gasteiger partial charge in [0.15, 0.2) is 0 Å². The number of rotatable bonds is 7. The maximum atomic E-state index is 14.0. The Morgan fingerprint density at radius 2 is 1.60 bits per heavy atom. The molecule has 2 bridgehead atoms. The number of amides is 1. The Balaban J connectivity index is 1.07. The SMILES string of the molecule is O=C(c1ccc(F)cc1Cl)N1C[C@H]2CC[C@@H](C1)N2c1cc(S(=O)(=O)N2CCN(CCc3ccc(F)cc3)CC2)cc2c1OCC2. The molecule has 0 aliphatic carbocycles. The lowest BCUT2D eigenvalue weighted by Crippen LogP contribution is -2.55. The molecule has 4 aliphatic rings. The average Bonchev–Trinajstić information content (AvgIpc) is 3.61. The second kappa shape index (κ2) is 12.2. The molecule has 0 aromatic heterocycles. The van der Waals surface area contributed by atoms with Crippen LogP contribution in [-0.2, 0) is 22.9 Å². The largest absolute Gasteiger partial charge is 0.491 e. The first-order valence-electron chi connectivity index (χ1n) is 15.5. The van der Waals surface area contributed by atoms with E-state index >= 15 is 0 Å². The van der Waals surface area contributed by atoms with Gasteiger partial charge in [-0.05, 0) is 67.3 Å². The number of ether oxygens (including phenoxy) is 1. The van der Waals surface area contributed by atoms with Crippen molar-refractivity contribution in [1.29, 1.82) is 0 Å². The van der Waals surface area contributed by atoms with Crippen molar-refractivity contribution in [2.24, 2.45) is 0 Å². The number of hydrogen-bond donors (Lipinski definition) is 0. The van der Waals surface area contributed by atoms with Crippen molar-refractivity contribution in [1.82, 2.24) is 14.1 Å². The van der Waals surface area contributed by atoms with Crippen LogP contribution in [0.15, 0.2) is 59.5 Å². The lowest BCUT2D eigenvalue weighted by molar-refractivity contribution is 0.0718. The Morgan fingerprint density at radius 1 is 0.911 bits per heavy atom. The number of benzene rings is 3. The number of likely N-dealkylation sites (tertiary alicyclic amines) is 1. The molecule has 3 aromatic carbocycles. The van der Waals surface area contributed by atoms with Crippen molar-refractivity contribution in [2.45, 2.75) is 42.7 Å². The van der Waals surface area contributed by atoms with E-state index in [1.807, 2.05) is 0 Å². The van der Waals surface area contributed by atoms with E-state index in [9.17, 15) is 22.0 Å². The Labute approximate surface area is 267 Å². The van der Waals surface area contributed by atoms with E-state index in [4.69, 9.17) is 16.3 Å². The number of halogens is 3. The summed E-state index contributed by atoms with van der Waals surface area (Å²) in [7, 11) is -3.75. The number of hydrogen-bond acceptors (Lipinski definition) is 6. The Morgan fingerprint density at radius 3 is 2.29 bits per heavy atom. The van der Waals surface area contributed by atoms with Crippen LogP contribution in [0.2, 0.25) is 5.02 Å². The average molecular weight is 657 g/mol. The maximum Gasteiger partial charge on any atom is 0.255 e. The topological polar surface area (TPSA) is 73.4 Å². The molecule has 0 unspecified atom stereocenters. The van der Waals surface area contributed by atoms with Crippen LogP contribution in [0.4, 0.5) is 14.5 Å². The lowest BCUT2D eigenvalue weighted by atomic mass is 10.1. The summed E-state index contributed by atoms with van der Waals surface area (Å²) in [6, 6.07) is 13.8. The number of fused-ring (bicyclic) bond motifs is 3. The van der Waals surface area contributed by atoms with Crippen LogP contribution in [-0.4, -0.2) is 92.9 Å². The number of sulfonamides is 1. The van der Waals surface area contributed by atoms with Crippen LogP contribution < -0.4 is 9.64 Å². The molecule has 0 saturated carbocycles.